The molecule has 3 nitrogen and oxygen atoms in total. The highest BCUT2D eigenvalue weighted by molar-refractivity contribution is 9.10. The Morgan fingerprint density at radius 2 is 1.86 bits per heavy atom. The normalized spacial score (nSPS) is 23.2. The fourth-order valence-electron chi connectivity index (χ4n) is 3.22. The molecule has 6 heteroatoms. The summed E-state index contributed by atoms with van der Waals surface area (Å²) in [5, 5.41) is 0. The van der Waals surface area contributed by atoms with Gasteiger partial charge in [-0.3, -0.25) is 4.90 Å². The number of likely N-dealkylation sites (tertiary alicyclic amines) is 1. The van der Waals surface area contributed by atoms with E-state index in [1.807, 2.05) is 11.0 Å². The second kappa shape index (κ2) is 6.42. The van der Waals surface area contributed by atoms with E-state index in [2.05, 4.69) is 44.9 Å². The maximum atomic E-state index is 13.4. The van der Waals surface area contributed by atoms with Crippen LogP contribution in [-0.4, -0.2) is 62.0 Å². The van der Waals surface area contributed by atoms with E-state index in [0.717, 1.165) is 36.2 Å². The van der Waals surface area contributed by atoms with Crippen molar-refractivity contribution in [1.29, 1.82) is 0 Å². The highest BCUT2D eigenvalue weighted by Gasteiger charge is 2.38. The van der Waals surface area contributed by atoms with Crippen LogP contribution in [0.15, 0.2) is 22.7 Å². The summed E-state index contributed by atoms with van der Waals surface area (Å²) < 4.78 is 27.8. The number of hydrogen-bond donors (Lipinski definition) is 0. The first-order valence-corrected chi connectivity index (χ1v) is 8.54. The lowest BCUT2D eigenvalue weighted by atomic mass is 10.1. The molecule has 0 radical (unpaired) electrons. The van der Waals surface area contributed by atoms with Crippen molar-refractivity contribution >= 4 is 21.6 Å². The van der Waals surface area contributed by atoms with Gasteiger partial charge in [-0.05, 0) is 30.8 Å². The molecule has 2 aliphatic heterocycles. The van der Waals surface area contributed by atoms with Gasteiger partial charge in [0.25, 0.3) is 5.92 Å². The van der Waals surface area contributed by atoms with Crippen LogP contribution in [-0.2, 0) is 6.54 Å². The van der Waals surface area contributed by atoms with Gasteiger partial charge in [-0.1, -0.05) is 15.9 Å². The minimum atomic E-state index is -2.53. The molecule has 2 saturated heterocycles. The van der Waals surface area contributed by atoms with Gasteiger partial charge in [0.2, 0.25) is 0 Å². The molecule has 2 aliphatic rings. The molecular formula is C16H22BrF2N3. The molecule has 1 aromatic rings. The van der Waals surface area contributed by atoms with Crippen molar-refractivity contribution in [2.45, 2.75) is 18.9 Å². The topological polar surface area (TPSA) is 9.72 Å². The van der Waals surface area contributed by atoms with Gasteiger partial charge in [0.05, 0.1) is 6.54 Å². The second-order valence-corrected chi connectivity index (χ2v) is 7.30. The molecule has 3 rings (SSSR count). The lowest BCUT2D eigenvalue weighted by Crippen LogP contribution is -2.45. The van der Waals surface area contributed by atoms with Crippen LogP contribution in [0.4, 0.5) is 14.5 Å². The molecule has 0 bridgehead atoms. The minimum absolute atomic E-state index is 0.0230. The summed E-state index contributed by atoms with van der Waals surface area (Å²) in [5.41, 5.74) is 2.32. The molecule has 0 N–H and O–H groups in total. The maximum Gasteiger partial charge on any atom is 0.261 e. The average molecular weight is 374 g/mol. The number of piperazine rings is 1. The van der Waals surface area contributed by atoms with Crippen LogP contribution in [0.25, 0.3) is 0 Å². The molecule has 0 aliphatic carbocycles. The highest BCUT2D eigenvalue weighted by Crippen LogP contribution is 2.31. The lowest BCUT2D eigenvalue weighted by Gasteiger charge is -2.35. The molecule has 22 heavy (non-hydrogen) atoms. The summed E-state index contributed by atoms with van der Waals surface area (Å²) in [5.74, 6) is -2.53. The van der Waals surface area contributed by atoms with Crippen LogP contribution >= 0.6 is 15.9 Å². The molecule has 0 saturated carbocycles. The first-order valence-electron chi connectivity index (χ1n) is 7.75. The first-order chi connectivity index (χ1) is 10.4. The van der Waals surface area contributed by atoms with Crippen molar-refractivity contribution in [2.75, 3.05) is 51.2 Å². The Labute approximate surface area is 139 Å². The van der Waals surface area contributed by atoms with E-state index in [1.165, 1.54) is 5.69 Å². The monoisotopic (exact) mass is 373 g/mol. The van der Waals surface area contributed by atoms with Gasteiger partial charge in [0.1, 0.15) is 0 Å². The van der Waals surface area contributed by atoms with Crippen LogP contribution in [0.5, 0.6) is 0 Å². The third kappa shape index (κ3) is 3.78. The largest absolute Gasteiger partial charge is 0.369 e. The van der Waals surface area contributed by atoms with Gasteiger partial charge in [-0.25, -0.2) is 8.78 Å². The summed E-state index contributed by atoms with van der Waals surface area (Å²) in [6, 6.07) is 6.22. The predicted molar refractivity (Wildman–Crippen MR) is 88.7 cm³/mol. The lowest BCUT2D eigenvalue weighted by molar-refractivity contribution is 0.0115. The summed E-state index contributed by atoms with van der Waals surface area (Å²) in [6.45, 7) is 5.00. The van der Waals surface area contributed by atoms with E-state index in [-0.39, 0.29) is 13.0 Å². The summed E-state index contributed by atoms with van der Waals surface area (Å²) in [4.78, 5) is 6.55. The molecule has 0 spiro atoms. The van der Waals surface area contributed by atoms with Crippen LogP contribution < -0.4 is 4.90 Å². The van der Waals surface area contributed by atoms with Crippen molar-refractivity contribution in [3.63, 3.8) is 0 Å². The molecule has 0 aromatic heterocycles. The Hall–Kier alpha value is -0.720. The average Bonchev–Trinajstić information content (AvgIpc) is 2.79. The summed E-state index contributed by atoms with van der Waals surface area (Å²) in [7, 11) is 2.13. The molecule has 0 atom stereocenters. The minimum Gasteiger partial charge on any atom is -0.369 e. The number of halogens is 3. The first kappa shape index (κ1) is 16.1. The number of anilines is 1. The molecule has 1 aromatic carbocycles. The quantitative estimate of drug-likeness (QED) is 0.806. The number of rotatable bonds is 3. The van der Waals surface area contributed by atoms with E-state index in [9.17, 15) is 8.78 Å². The van der Waals surface area contributed by atoms with Crippen molar-refractivity contribution in [2.24, 2.45) is 0 Å². The van der Waals surface area contributed by atoms with E-state index in [1.54, 1.807) is 0 Å². The number of likely N-dealkylation sites (N-methyl/N-ethyl adjacent to an activating group) is 1. The van der Waals surface area contributed by atoms with Gasteiger partial charge in [0, 0.05) is 55.8 Å². The SMILES string of the molecule is CN1CCN(c2ccc(Br)cc2CN2CCC(F)(F)C2)CC1. The van der Waals surface area contributed by atoms with Gasteiger partial charge in [0.15, 0.2) is 0 Å². The van der Waals surface area contributed by atoms with Crippen LogP contribution in [0.2, 0.25) is 0 Å². The molecule has 122 valence electrons. The third-order valence-electron chi connectivity index (χ3n) is 4.53. The molecule has 2 fully saturated rings. The van der Waals surface area contributed by atoms with Gasteiger partial charge >= 0.3 is 0 Å². The number of hydrogen-bond acceptors (Lipinski definition) is 3. The van der Waals surface area contributed by atoms with Crippen LogP contribution in [0.1, 0.15) is 12.0 Å². The Morgan fingerprint density at radius 3 is 2.50 bits per heavy atom. The van der Waals surface area contributed by atoms with Gasteiger partial charge in [-0.2, -0.15) is 0 Å². The van der Waals surface area contributed by atoms with Crippen LogP contribution in [0, 0.1) is 0 Å². The predicted octanol–water partition coefficient (Wildman–Crippen LogP) is 3.04. The standard InChI is InChI=1S/C16H22BrF2N3/c1-20-6-8-22(9-7-20)15-3-2-14(17)10-13(15)11-21-5-4-16(18,19)12-21/h2-3,10H,4-9,11-12H2,1H3. The molecule has 0 unspecified atom stereocenters. The number of nitrogens with zero attached hydrogens (tertiary/aromatic N) is 3. The van der Waals surface area contributed by atoms with Crippen molar-refractivity contribution in [1.82, 2.24) is 9.80 Å². The Balaban J connectivity index is 1.76. The fraction of sp³-hybridized carbons (Fsp3) is 0.625. The van der Waals surface area contributed by atoms with E-state index in [0.29, 0.717) is 13.1 Å². The van der Waals surface area contributed by atoms with Gasteiger partial charge in [-0.15, -0.1) is 0 Å². The third-order valence-corrected chi connectivity index (χ3v) is 5.02. The van der Waals surface area contributed by atoms with Crippen LogP contribution in [0.3, 0.4) is 0 Å². The zero-order valence-electron chi connectivity index (χ0n) is 12.9. The van der Waals surface area contributed by atoms with Crippen molar-refractivity contribution < 1.29 is 8.78 Å². The maximum absolute atomic E-state index is 13.4. The van der Waals surface area contributed by atoms with Crippen molar-refractivity contribution in [3.8, 4) is 0 Å². The number of benzene rings is 1. The summed E-state index contributed by atoms with van der Waals surface area (Å²) in [6.07, 6.45) is -0.0230. The molecule has 0 amide bonds. The summed E-state index contributed by atoms with van der Waals surface area (Å²) >= 11 is 3.51. The zero-order chi connectivity index (χ0) is 15.7. The van der Waals surface area contributed by atoms with Gasteiger partial charge < -0.3 is 9.80 Å². The molecule has 2 heterocycles. The highest BCUT2D eigenvalue weighted by atomic mass is 79.9. The Bertz CT molecular complexity index is 530. The smallest absolute Gasteiger partial charge is 0.261 e. The zero-order valence-corrected chi connectivity index (χ0v) is 14.5. The Morgan fingerprint density at radius 1 is 1.14 bits per heavy atom. The molecular weight excluding hydrogens is 352 g/mol. The van der Waals surface area contributed by atoms with E-state index in [4.69, 9.17) is 0 Å². The second-order valence-electron chi connectivity index (χ2n) is 6.38. The van der Waals surface area contributed by atoms with E-state index < -0.39 is 5.92 Å². The van der Waals surface area contributed by atoms with Crippen molar-refractivity contribution in [3.05, 3.63) is 28.2 Å². The van der Waals surface area contributed by atoms with E-state index >= 15 is 0 Å². The Kier molecular flexibility index (Phi) is 4.71. The fourth-order valence-corrected chi connectivity index (χ4v) is 3.63. The number of alkyl halides is 2.